The summed E-state index contributed by atoms with van der Waals surface area (Å²) in [7, 11) is 0. The van der Waals surface area contributed by atoms with Gasteiger partial charge in [0.2, 0.25) is 5.41 Å². The Labute approximate surface area is 143 Å². The maximum absolute atomic E-state index is 12.9. The predicted molar refractivity (Wildman–Crippen MR) is 91.5 cm³/mol. The Hall–Kier alpha value is -3.83. The number of H-pyrrole nitrogens is 1. The lowest BCUT2D eigenvalue weighted by molar-refractivity contribution is 0.103. The highest BCUT2D eigenvalue weighted by Crippen LogP contribution is 2.44. The van der Waals surface area contributed by atoms with E-state index in [1.165, 1.54) is 0 Å². The molecule has 5 nitrogen and oxygen atoms in total. The maximum Gasteiger partial charge on any atom is 0.202 e. The first-order valence-electron chi connectivity index (χ1n) is 7.61. The number of nitrogens with zero attached hydrogens (tertiary/aromatic N) is 2. The number of ketones is 1. The molecule has 5 heteroatoms. The van der Waals surface area contributed by atoms with Crippen molar-refractivity contribution in [3.63, 3.8) is 0 Å². The monoisotopic (exact) mass is 325 g/mol. The highest BCUT2D eigenvalue weighted by molar-refractivity contribution is 6.22. The molecule has 4 rings (SSSR count). The van der Waals surface area contributed by atoms with Gasteiger partial charge in [-0.2, -0.15) is 10.5 Å². The van der Waals surface area contributed by atoms with Crippen LogP contribution in [0.2, 0.25) is 0 Å². The second-order valence-corrected chi connectivity index (χ2v) is 5.82. The summed E-state index contributed by atoms with van der Waals surface area (Å²) in [5.74, 6) is -0.810. The van der Waals surface area contributed by atoms with Crippen molar-refractivity contribution in [2.45, 2.75) is 5.41 Å². The van der Waals surface area contributed by atoms with Crippen molar-refractivity contribution in [2.24, 2.45) is 0 Å². The van der Waals surface area contributed by atoms with Crippen LogP contribution in [0.5, 0.6) is 0 Å². The van der Waals surface area contributed by atoms with Crippen LogP contribution < -0.4 is 0 Å². The molecular formula is C20H11N3O2. The number of benzene rings is 2. The van der Waals surface area contributed by atoms with Gasteiger partial charge in [0.25, 0.3) is 0 Å². The minimum atomic E-state index is -1.90. The zero-order valence-corrected chi connectivity index (χ0v) is 12.9. The molecule has 2 aromatic carbocycles. The molecule has 2 N–H and O–H groups in total. The Balaban J connectivity index is 2.05. The summed E-state index contributed by atoms with van der Waals surface area (Å²) in [6.07, 6.45) is 1.55. The lowest BCUT2D eigenvalue weighted by atomic mass is 9.75. The van der Waals surface area contributed by atoms with E-state index in [2.05, 4.69) is 4.98 Å². The first-order valence-corrected chi connectivity index (χ1v) is 7.61. The predicted octanol–water partition coefficient (Wildman–Crippen LogP) is 3.62. The molecule has 0 spiro atoms. The molecule has 0 fully saturated rings. The number of para-hydroxylation sites is 1. The van der Waals surface area contributed by atoms with E-state index in [0.29, 0.717) is 22.1 Å². The summed E-state index contributed by atoms with van der Waals surface area (Å²) in [5.41, 5.74) is -0.351. The van der Waals surface area contributed by atoms with Gasteiger partial charge in [-0.1, -0.05) is 42.5 Å². The van der Waals surface area contributed by atoms with Gasteiger partial charge in [-0.3, -0.25) is 4.79 Å². The van der Waals surface area contributed by atoms with Crippen molar-refractivity contribution >= 4 is 22.4 Å². The highest BCUT2D eigenvalue weighted by atomic mass is 16.3. The van der Waals surface area contributed by atoms with Gasteiger partial charge in [-0.25, -0.2) is 0 Å². The van der Waals surface area contributed by atoms with Crippen molar-refractivity contribution in [3.05, 3.63) is 77.0 Å². The zero-order valence-electron chi connectivity index (χ0n) is 12.9. The number of rotatable bonds is 2. The molecule has 0 aliphatic heterocycles. The molecule has 0 radical (unpaired) electrons. The molecule has 1 heterocycles. The van der Waals surface area contributed by atoms with Crippen LogP contribution in [-0.4, -0.2) is 15.9 Å². The first-order chi connectivity index (χ1) is 12.1. The van der Waals surface area contributed by atoms with E-state index >= 15 is 0 Å². The van der Waals surface area contributed by atoms with Crippen LogP contribution in [0.15, 0.2) is 60.3 Å². The van der Waals surface area contributed by atoms with Gasteiger partial charge >= 0.3 is 0 Å². The van der Waals surface area contributed by atoms with Crippen LogP contribution in [0, 0.1) is 22.7 Å². The fraction of sp³-hybridized carbons (Fsp3) is 0.0500. The quantitative estimate of drug-likeness (QED) is 0.751. The summed E-state index contributed by atoms with van der Waals surface area (Å²) < 4.78 is 0. The average molecular weight is 325 g/mol. The number of hydrogen-bond acceptors (Lipinski definition) is 4. The Bertz CT molecular complexity index is 1140. The molecule has 1 aromatic heterocycles. The largest absolute Gasteiger partial charge is 0.507 e. The van der Waals surface area contributed by atoms with Gasteiger partial charge in [0.15, 0.2) is 5.78 Å². The number of carbonyl (C=O) groups is 1. The van der Waals surface area contributed by atoms with Gasteiger partial charge < -0.3 is 10.1 Å². The molecule has 0 saturated heterocycles. The van der Waals surface area contributed by atoms with Crippen molar-refractivity contribution in [2.75, 3.05) is 0 Å². The Kier molecular flexibility index (Phi) is 3.00. The SMILES string of the molecule is N#CC(C#N)(C1=C(O)c2ccccc2C1=O)c1c[nH]c2ccccc12. The van der Waals surface area contributed by atoms with Gasteiger partial charge in [0.1, 0.15) is 5.76 Å². The fourth-order valence-electron chi connectivity index (χ4n) is 3.39. The Morgan fingerprint density at radius 2 is 1.60 bits per heavy atom. The first kappa shape index (κ1) is 14.7. The molecule has 118 valence electrons. The van der Waals surface area contributed by atoms with Crippen molar-refractivity contribution in [1.82, 2.24) is 4.98 Å². The number of hydrogen-bond donors (Lipinski definition) is 2. The molecule has 3 aromatic rings. The second kappa shape index (κ2) is 5.09. The number of allylic oxidation sites excluding steroid dienone is 1. The molecule has 0 saturated carbocycles. The smallest absolute Gasteiger partial charge is 0.202 e. The Morgan fingerprint density at radius 1 is 0.960 bits per heavy atom. The van der Waals surface area contributed by atoms with E-state index in [4.69, 9.17) is 0 Å². The average Bonchev–Trinajstić information content (AvgIpc) is 3.19. The number of aliphatic hydroxyl groups excluding tert-OH is 1. The number of Topliss-reactive ketones (excluding diaryl/α,β-unsaturated/α-hetero) is 1. The minimum absolute atomic E-state index is 0.191. The lowest BCUT2D eigenvalue weighted by Gasteiger charge is -2.19. The summed E-state index contributed by atoms with van der Waals surface area (Å²) in [4.78, 5) is 15.9. The number of aromatic amines is 1. The van der Waals surface area contributed by atoms with Crippen molar-refractivity contribution in [3.8, 4) is 12.1 Å². The van der Waals surface area contributed by atoms with Gasteiger partial charge in [-0.05, 0) is 6.07 Å². The summed E-state index contributed by atoms with van der Waals surface area (Å²) in [6, 6.07) is 17.7. The van der Waals surface area contributed by atoms with E-state index in [-0.39, 0.29) is 11.3 Å². The van der Waals surface area contributed by atoms with Crippen LogP contribution in [0.1, 0.15) is 21.5 Å². The van der Waals surface area contributed by atoms with E-state index in [1.54, 1.807) is 42.6 Å². The number of aliphatic hydroxyl groups is 1. The van der Waals surface area contributed by atoms with E-state index in [9.17, 15) is 20.4 Å². The molecule has 0 atom stereocenters. The van der Waals surface area contributed by atoms with Gasteiger partial charge in [-0.15, -0.1) is 0 Å². The van der Waals surface area contributed by atoms with E-state index in [0.717, 1.165) is 5.52 Å². The van der Waals surface area contributed by atoms with Crippen LogP contribution in [0.25, 0.3) is 16.7 Å². The van der Waals surface area contributed by atoms with Crippen molar-refractivity contribution < 1.29 is 9.90 Å². The van der Waals surface area contributed by atoms with Crippen LogP contribution in [-0.2, 0) is 5.41 Å². The number of carbonyl (C=O) groups excluding carboxylic acids is 1. The third-order valence-electron chi connectivity index (χ3n) is 4.59. The van der Waals surface area contributed by atoms with E-state index < -0.39 is 11.2 Å². The van der Waals surface area contributed by atoms with Crippen LogP contribution in [0.4, 0.5) is 0 Å². The van der Waals surface area contributed by atoms with Crippen LogP contribution >= 0.6 is 0 Å². The zero-order chi connectivity index (χ0) is 17.6. The summed E-state index contributed by atoms with van der Waals surface area (Å²) in [6.45, 7) is 0. The topological polar surface area (TPSA) is 101 Å². The number of nitrogens with one attached hydrogen (secondary N) is 1. The minimum Gasteiger partial charge on any atom is -0.507 e. The van der Waals surface area contributed by atoms with Gasteiger partial charge in [0, 0.05) is 33.8 Å². The van der Waals surface area contributed by atoms with Crippen LogP contribution in [0.3, 0.4) is 0 Å². The molecule has 1 aliphatic rings. The molecule has 25 heavy (non-hydrogen) atoms. The third kappa shape index (κ3) is 1.78. The normalized spacial score (nSPS) is 13.6. The van der Waals surface area contributed by atoms with E-state index in [1.807, 2.05) is 24.3 Å². The van der Waals surface area contributed by atoms with Gasteiger partial charge in [0.05, 0.1) is 17.7 Å². The maximum atomic E-state index is 12.9. The molecule has 1 aliphatic carbocycles. The lowest BCUT2D eigenvalue weighted by Crippen LogP contribution is -2.28. The number of nitriles is 2. The summed E-state index contributed by atoms with van der Waals surface area (Å²) >= 11 is 0. The fourth-order valence-corrected chi connectivity index (χ4v) is 3.39. The molecular weight excluding hydrogens is 314 g/mol. The highest BCUT2D eigenvalue weighted by Gasteiger charge is 2.48. The third-order valence-corrected chi connectivity index (χ3v) is 4.59. The Morgan fingerprint density at radius 3 is 2.28 bits per heavy atom. The standard InChI is InChI=1S/C20H11N3O2/c21-10-20(11-22,15-9-23-16-8-4-3-7-14(15)16)17-18(24)12-5-1-2-6-13(12)19(17)25/h1-9,23-24H. The number of aromatic nitrogens is 1. The molecule has 0 bridgehead atoms. The molecule has 0 amide bonds. The van der Waals surface area contributed by atoms with Crippen molar-refractivity contribution in [1.29, 1.82) is 10.5 Å². The summed E-state index contributed by atoms with van der Waals surface area (Å²) in [5, 5.41) is 31.1. The molecule has 0 unspecified atom stereocenters. The number of fused-ring (bicyclic) bond motifs is 2. The second-order valence-electron chi connectivity index (χ2n) is 5.82.